The summed E-state index contributed by atoms with van der Waals surface area (Å²) < 4.78 is 24.2. The summed E-state index contributed by atoms with van der Waals surface area (Å²) in [7, 11) is 0. The van der Waals surface area contributed by atoms with Crippen LogP contribution in [0, 0.1) is 0 Å². The zero-order chi connectivity index (χ0) is 9.72. The van der Waals surface area contributed by atoms with Gasteiger partial charge in [-0.3, -0.25) is 0 Å². The molecule has 0 aromatic rings. The molecule has 0 atom stereocenters. The van der Waals surface area contributed by atoms with Gasteiger partial charge in [-0.25, -0.2) is 14.0 Å². The third-order valence-corrected chi connectivity index (χ3v) is 0.730. The summed E-state index contributed by atoms with van der Waals surface area (Å²) in [5.41, 5.74) is 0. The van der Waals surface area contributed by atoms with E-state index >= 15 is 0 Å². The highest BCUT2D eigenvalue weighted by atomic mass is 19.1. The molecule has 0 aromatic carbocycles. The molecule has 4 nitrogen and oxygen atoms in total. The maximum absolute atomic E-state index is 12.2. The Balaban J connectivity index is 4.54. The van der Waals surface area contributed by atoms with Crippen molar-refractivity contribution < 1.29 is 28.6 Å². The molecule has 2 N–H and O–H groups in total. The summed E-state index contributed by atoms with van der Waals surface area (Å²) in [5, 5.41) is 15.8. The molecule has 0 aliphatic rings. The summed E-state index contributed by atoms with van der Waals surface area (Å²) in [6.45, 7) is 0. The van der Waals surface area contributed by atoms with Crippen molar-refractivity contribution in [2.24, 2.45) is 0 Å². The Hall–Kier alpha value is -1.72. The van der Waals surface area contributed by atoms with Crippen molar-refractivity contribution in [2.45, 2.75) is 0 Å². The van der Waals surface area contributed by atoms with Crippen molar-refractivity contribution in [3.63, 3.8) is 0 Å². The van der Waals surface area contributed by atoms with E-state index in [1.165, 1.54) is 0 Å². The van der Waals surface area contributed by atoms with Gasteiger partial charge in [0.2, 0.25) is 5.83 Å². The van der Waals surface area contributed by atoms with Gasteiger partial charge in [-0.1, -0.05) is 0 Å². The third-order valence-electron chi connectivity index (χ3n) is 0.730. The molecule has 0 fully saturated rings. The standard InChI is InChI=1S/C6H4F2O4/c7-3(2-5(9)10)1-4(8)6(11)12/h1-2H,(H,9,10)(H,11,12)/b3-2-,4-1-. The van der Waals surface area contributed by atoms with E-state index in [0.29, 0.717) is 0 Å². The van der Waals surface area contributed by atoms with E-state index in [-0.39, 0.29) is 12.2 Å². The molecule has 0 aromatic heterocycles. The molecular formula is C6H4F2O4. The normalized spacial score (nSPS) is 12.8. The number of carboxylic acids is 2. The highest BCUT2D eigenvalue weighted by Crippen LogP contribution is 2.05. The number of hydrogen-bond acceptors (Lipinski definition) is 2. The second-order valence-corrected chi connectivity index (χ2v) is 1.66. The average molecular weight is 178 g/mol. The minimum atomic E-state index is -1.95. The van der Waals surface area contributed by atoms with E-state index < -0.39 is 23.6 Å². The maximum Gasteiger partial charge on any atom is 0.364 e. The first-order valence-corrected chi connectivity index (χ1v) is 2.64. The Labute approximate surface area is 65.4 Å². The van der Waals surface area contributed by atoms with E-state index in [2.05, 4.69) is 0 Å². The predicted molar refractivity (Wildman–Crippen MR) is 33.7 cm³/mol. The molecule has 12 heavy (non-hydrogen) atoms. The first kappa shape index (κ1) is 10.3. The Bertz CT molecular complexity index is 267. The van der Waals surface area contributed by atoms with E-state index in [9.17, 15) is 18.4 Å². The summed E-state index contributed by atoms with van der Waals surface area (Å²) in [5.74, 6) is -6.81. The van der Waals surface area contributed by atoms with Crippen LogP contribution in [0.5, 0.6) is 0 Å². The second-order valence-electron chi connectivity index (χ2n) is 1.66. The SMILES string of the molecule is O=C(O)/C=C(F)/C=C(\F)C(=O)O. The van der Waals surface area contributed by atoms with Crippen LogP contribution in [0.2, 0.25) is 0 Å². The van der Waals surface area contributed by atoms with Crippen LogP contribution in [0.1, 0.15) is 0 Å². The van der Waals surface area contributed by atoms with Crippen LogP contribution in [0.4, 0.5) is 8.78 Å². The molecule has 0 unspecified atom stereocenters. The molecule has 0 saturated carbocycles. The number of aliphatic carboxylic acids is 2. The predicted octanol–water partition coefficient (Wildman–Crippen LogP) is 0.862. The molecule has 0 saturated heterocycles. The number of carbonyl (C=O) groups is 2. The third kappa shape index (κ3) is 4.15. The molecular weight excluding hydrogens is 174 g/mol. The van der Waals surface area contributed by atoms with Crippen molar-refractivity contribution in [1.29, 1.82) is 0 Å². The van der Waals surface area contributed by atoms with E-state index in [1.807, 2.05) is 0 Å². The molecule has 0 heterocycles. The molecule has 66 valence electrons. The molecule has 0 spiro atoms. The van der Waals surface area contributed by atoms with Gasteiger partial charge in [0.15, 0.2) is 0 Å². The van der Waals surface area contributed by atoms with Gasteiger partial charge >= 0.3 is 11.9 Å². The van der Waals surface area contributed by atoms with Gasteiger partial charge in [-0.15, -0.1) is 0 Å². The molecule has 0 aliphatic carbocycles. The van der Waals surface area contributed by atoms with Crippen molar-refractivity contribution in [1.82, 2.24) is 0 Å². The van der Waals surface area contributed by atoms with E-state index in [4.69, 9.17) is 10.2 Å². The Morgan fingerprint density at radius 3 is 1.92 bits per heavy atom. The van der Waals surface area contributed by atoms with Crippen molar-refractivity contribution in [3.05, 3.63) is 23.8 Å². The summed E-state index contributed by atoms with van der Waals surface area (Å²) in [4.78, 5) is 19.5. The number of allylic oxidation sites excluding steroid dienone is 2. The summed E-state index contributed by atoms with van der Waals surface area (Å²) in [6.07, 6.45) is 0.0129. The topological polar surface area (TPSA) is 74.6 Å². The molecule has 0 aliphatic heterocycles. The Morgan fingerprint density at radius 2 is 1.58 bits per heavy atom. The van der Waals surface area contributed by atoms with E-state index in [0.717, 1.165) is 0 Å². The van der Waals surface area contributed by atoms with Gasteiger partial charge in [-0.2, -0.15) is 4.39 Å². The molecule has 0 bridgehead atoms. The lowest BCUT2D eigenvalue weighted by molar-refractivity contribution is -0.134. The fourth-order valence-electron chi connectivity index (χ4n) is 0.342. The van der Waals surface area contributed by atoms with Gasteiger partial charge in [-0.05, 0) is 0 Å². The molecule has 0 rings (SSSR count). The fraction of sp³-hybridized carbons (Fsp3) is 0. The lowest BCUT2D eigenvalue weighted by Gasteiger charge is -1.86. The van der Waals surface area contributed by atoms with Gasteiger partial charge in [0.1, 0.15) is 5.83 Å². The number of rotatable bonds is 3. The summed E-state index contributed by atoms with van der Waals surface area (Å²) in [6, 6.07) is 0. The van der Waals surface area contributed by atoms with Gasteiger partial charge in [0.05, 0.1) is 6.08 Å². The highest BCUT2D eigenvalue weighted by molar-refractivity contribution is 5.85. The lowest BCUT2D eigenvalue weighted by Crippen LogP contribution is -1.95. The largest absolute Gasteiger partial charge is 0.478 e. The number of halogens is 2. The van der Waals surface area contributed by atoms with Crippen LogP contribution < -0.4 is 0 Å². The summed E-state index contributed by atoms with van der Waals surface area (Å²) >= 11 is 0. The Morgan fingerprint density at radius 1 is 1.08 bits per heavy atom. The van der Waals surface area contributed by atoms with Crippen LogP contribution in [0.25, 0.3) is 0 Å². The van der Waals surface area contributed by atoms with Crippen LogP contribution in [-0.4, -0.2) is 22.2 Å². The van der Waals surface area contributed by atoms with Crippen LogP contribution in [-0.2, 0) is 9.59 Å². The van der Waals surface area contributed by atoms with Crippen LogP contribution in [0.3, 0.4) is 0 Å². The first-order chi connectivity index (χ1) is 5.43. The number of hydrogen-bond donors (Lipinski definition) is 2. The molecule has 0 amide bonds. The highest BCUT2D eigenvalue weighted by Gasteiger charge is 2.06. The van der Waals surface area contributed by atoms with Crippen LogP contribution in [0.15, 0.2) is 23.8 Å². The second kappa shape index (κ2) is 4.22. The Kier molecular flexibility index (Phi) is 3.61. The van der Waals surface area contributed by atoms with E-state index in [1.54, 1.807) is 0 Å². The zero-order valence-electron chi connectivity index (χ0n) is 5.62. The molecule has 0 radical (unpaired) electrons. The van der Waals surface area contributed by atoms with Gasteiger partial charge in [0, 0.05) is 6.08 Å². The van der Waals surface area contributed by atoms with Crippen molar-refractivity contribution in [3.8, 4) is 0 Å². The lowest BCUT2D eigenvalue weighted by atomic mass is 10.4. The average Bonchev–Trinajstić information content (AvgIpc) is 1.84. The monoisotopic (exact) mass is 178 g/mol. The molecule has 6 heteroatoms. The first-order valence-electron chi connectivity index (χ1n) is 2.64. The van der Waals surface area contributed by atoms with Gasteiger partial charge in [0.25, 0.3) is 0 Å². The quantitative estimate of drug-likeness (QED) is 0.496. The minimum absolute atomic E-state index is 0.0313. The van der Waals surface area contributed by atoms with Crippen molar-refractivity contribution >= 4 is 11.9 Å². The van der Waals surface area contributed by atoms with Crippen molar-refractivity contribution in [2.75, 3.05) is 0 Å². The zero-order valence-corrected chi connectivity index (χ0v) is 5.62. The smallest absolute Gasteiger partial charge is 0.364 e. The maximum atomic E-state index is 12.2. The fourth-order valence-corrected chi connectivity index (χ4v) is 0.342. The minimum Gasteiger partial charge on any atom is -0.478 e. The van der Waals surface area contributed by atoms with Gasteiger partial charge < -0.3 is 10.2 Å². The number of carboxylic acid groups (broad SMARTS) is 2. The van der Waals surface area contributed by atoms with Crippen LogP contribution >= 0.6 is 0 Å².